The molecule has 7 heteroatoms. The van der Waals surface area contributed by atoms with Crippen LogP contribution in [0.5, 0.6) is 0 Å². The second-order valence-electron chi connectivity index (χ2n) is 7.88. The zero-order valence-corrected chi connectivity index (χ0v) is 16.3. The van der Waals surface area contributed by atoms with Crippen LogP contribution in [-0.2, 0) is 25.4 Å². The van der Waals surface area contributed by atoms with Gasteiger partial charge in [0.2, 0.25) is 0 Å². The molecule has 0 amide bonds. The minimum atomic E-state index is -0.803. The average molecular weight is 398 g/mol. The van der Waals surface area contributed by atoms with Crippen LogP contribution >= 0.6 is 0 Å². The fraction of sp³-hybridized carbons (Fsp3) is 0.455. The summed E-state index contributed by atoms with van der Waals surface area (Å²) in [4.78, 5) is 13.2. The Balaban J connectivity index is 1.58. The maximum atomic E-state index is 13.3. The number of fused-ring (bicyclic) bond motifs is 2. The van der Waals surface area contributed by atoms with Crippen molar-refractivity contribution in [3.63, 3.8) is 0 Å². The number of hydrogen-bond acceptors (Lipinski definition) is 5. The molecule has 1 atom stereocenters. The molecule has 2 fully saturated rings. The lowest BCUT2D eigenvalue weighted by Crippen LogP contribution is -2.50. The summed E-state index contributed by atoms with van der Waals surface area (Å²) in [6, 6.07) is 6.23. The van der Waals surface area contributed by atoms with E-state index in [9.17, 15) is 9.18 Å². The molecule has 1 saturated heterocycles. The van der Waals surface area contributed by atoms with Crippen LogP contribution in [0, 0.1) is 11.2 Å². The molecule has 3 aliphatic rings. The van der Waals surface area contributed by atoms with Gasteiger partial charge in [-0.05, 0) is 55.7 Å². The average Bonchev–Trinajstić information content (AvgIpc) is 3.34. The summed E-state index contributed by atoms with van der Waals surface area (Å²) in [5.74, 6) is -1.23. The van der Waals surface area contributed by atoms with Crippen molar-refractivity contribution in [3.8, 4) is 5.69 Å². The second kappa shape index (κ2) is 6.78. The van der Waals surface area contributed by atoms with Gasteiger partial charge in [0, 0.05) is 12.8 Å². The number of benzene rings is 1. The summed E-state index contributed by atoms with van der Waals surface area (Å²) in [5, 5.41) is 4.52. The van der Waals surface area contributed by atoms with E-state index in [-0.39, 0.29) is 11.8 Å². The molecule has 5 rings (SSSR count). The van der Waals surface area contributed by atoms with Crippen LogP contribution < -0.4 is 0 Å². The van der Waals surface area contributed by atoms with Gasteiger partial charge in [-0.15, -0.1) is 0 Å². The van der Waals surface area contributed by atoms with Crippen molar-refractivity contribution < 1.29 is 23.4 Å². The second-order valence-corrected chi connectivity index (χ2v) is 7.88. The zero-order chi connectivity index (χ0) is 20.1. The lowest BCUT2D eigenvalue weighted by atomic mass is 9.62. The van der Waals surface area contributed by atoms with Crippen molar-refractivity contribution in [3.05, 3.63) is 53.1 Å². The third kappa shape index (κ3) is 2.91. The van der Waals surface area contributed by atoms with Gasteiger partial charge in [-0.3, -0.25) is 4.79 Å². The highest BCUT2D eigenvalue weighted by Crippen LogP contribution is 2.54. The Bertz CT molecular complexity index is 975. The molecule has 0 bridgehead atoms. The largest absolute Gasteiger partial charge is 0.465 e. The summed E-state index contributed by atoms with van der Waals surface area (Å²) in [7, 11) is 0. The number of esters is 1. The van der Waals surface area contributed by atoms with E-state index in [4.69, 9.17) is 14.2 Å². The normalized spacial score (nSPS) is 24.7. The first-order valence-electron chi connectivity index (χ1n) is 10.0. The Labute approximate surface area is 168 Å². The third-order valence-electron chi connectivity index (χ3n) is 6.20. The van der Waals surface area contributed by atoms with Gasteiger partial charge in [-0.1, -0.05) is 5.57 Å². The van der Waals surface area contributed by atoms with E-state index < -0.39 is 11.2 Å². The van der Waals surface area contributed by atoms with Crippen molar-refractivity contribution in [1.29, 1.82) is 0 Å². The van der Waals surface area contributed by atoms with E-state index in [1.165, 1.54) is 12.1 Å². The Morgan fingerprint density at radius 3 is 2.76 bits per heavy atom. The van der Waals surface area contributed by atoms with E-state index in [2.05, 4.69) is 5.10 Å². The predicted molar refractivity (Wildman–Crippen MR) is 103 cm³/mol. The van der Waals surface area contributed by atoms with Crippen molar-refractivity contribution in [2.75, 3.05) is 19.8 Å². The lowest BCUT2D eigenvalue weighted by Gasteiger charge is -2.46. The van der Waals surface area contributed by atoms with Gasteiger partial charge >= 0.3 is 5.97 Å². The molecule has 1 aromatic heterocycles. The van der Waals surface area contributed by atoms with Gasteiger partial charge < -0.3 is 14.2 Å². The van der Waals surface area contributed by atoms with Crippen LogP contribution in [0.25, 0.3) is 11.8 Å². The highest BCUT2D eigenvalue weighted by Gasteiger charge is 2.57. The monoisotopic (exact) mass is 398 g/mol. The van der Waals surface area contributed by atoms with Crippen molar-refractivity contribution >= 4 is 12.0 Å². The predicted octanol–water partition coefficient (Wildman–Crippen LogP) is 3.43. The van der Waals surface area contributed by atoms with E-state index in [0.29, 0.717) is 45.5 Å². The first kappa shape index (κ1) is 18.5. The number of carbonyl (C=O) groups is 1. The first-order chi connectivity index (χ1) is 14.1. The molecule has 0 unspecified atom stereocenters. The number of hydrogen-bond donors (Lipinski definition) is 0. The van der Waals surface area contributed by atoms with Gasteiger partial charge in [0.15, 0.2) is 5.79 Å². The molecule has 1 spiro atoms. The smallest absolute Gasteiger partial charge is 0.316 e. The molecule has 0 N–H and O–H groups in total. The summed E-state index contributed by atoms with van der Waals surface area (Å²) in [6.45, 7) is 3.24. The number of halogens is 1. The molecule has 2 heterocycles. The maximum Gasteiger partial charge on any atom is 0.316 e. The van der Waals surface area contributed by atoms with Gasteiger partial charge in [0.05, 0.1) is 42.8 Å². The Kier molecular flexibility index (Phi) is 4.33. The van der Waals surface area contributed by atoms with Gasteiger partial charge in [0.25, 0.3) is 0 Å². The van der Waals surface area contributed by atoms with Crippen molar-refractivity contribution in [2.24, 2.45) is 5.41 Å². The van der Waals surface area contributed by atoms with E-state index in [1.54, 1.807) is 23.0 Å². The molecule has 2 aromatic rings. The third-order valence-corrected chi connectivity index (χ3v) is 6.20. The van der Waals surface area contributed by atoms with Crippen LogP contribution in [0.4, 0.5) is 4.39 Å². The standard InChI is InChI=1S/C22H23FN2O4/c1-2-27-20(26)21-12-15-13-24-25(18-5-3-17(23)4-6-18)19(15)11-16(21)7-8-22(14-21)28-9-10-29-22/h3-6,11,13H,2,7-10,12,14H2,1H3/t21-/m0/s1. The fourth-order valence-electron chi connectivity index (χ4n) is 4.86. The van der Waals surface area contributed by atoms with Gasteiger partial charge in [-0.2, -0.15) is 5.10 Å². The highest BCUT2D eigenvalue weighted by molar-refractivity contribution is 5.85. The topological polar surface area (TPSA) is 62.6 Å². The number of aromatic nitrogens is 2. The molecule has 6 nitrogen and oxygen atoms in total. The molecule has 2 aliphatic carbocycles. The van der Waals surface area contributed by atoms with Crippen molar-refractivity contribution in [2.45, 2.75) is 38.4 Å². The van der Waals surface area contributed by atoms with Gasteiger partial charge in [-0.25, -0.2) is 9.07 Å². The first-order valence-corrected chi connectivity index (χ1v) is 10.0. The van der Waals surface area contributed by atoms with E-state index in [1.807, 2.05) is 13.0 Å². The van der Waals surface area contributed by atoms with Crippen LogP contribution in [0.15, 0.2) is 36.0 Å². The minimum Gasteiger partial charge on any atom is -0.465 e. The highest BCUT2D eigenvalue weighted by atomic mass is 19.1. The Morgan fingerprint density at radius 2 is 2.03 bits per heavy atom. The Morgan fingerprint density at radius 1 is 1.28 bits per heavy atom. The maximum absolute atomic E-state index is 13.3. The number of ether oxygens (including phenoxy) is 3. The summed E-state index contributed by atoms with van der Waals surface area (Å²) in [6.07, 6.45) is 6.17. The molecule has 152 valence electrons. The molecule has 0 radical (unpaired) electrons. The zero-order valence-electron chi connectivity index (χ0n) is 16.3. The van der Waals surface area contributed by atoms with Gasteiger partial charge in [0.1, 0.15) is 5.82 Å². The number of carbonyl (C=O) groups excluding carboxylic acids is 1. The van der Waals surface area contributed by atoms with Crippen molar-refractivity contribution in [1.82, 2.24) is 9.78 Å². The van der Waals surface area contributed by atoms with Crippen LogP contribution in [-0.4, -0.2) is 41.4 Å². The SMILES string of the molecule is CCOC(=O)[C@]12Cc3cnn(-c4ccc(F)cc4)c3C=C1CCC1(C2)OCCO1. The van der Waals surface area contributed by atoms with Crippen LogP contribution in [0.1, 0.15) is 37.4 Å². The molecule has 29 heavy (non-hydrogen) atoms. The summed E-state index contributed by atoms with van der Waals surface area (Å²) >= 11 is 0. The molecular formula is C22H23FN2O4. The summed E-state index contributed by atoms with van der Waals surface area (Å²) in [5.41, 5.74) is 2.89. The quantitative estimate of drug-likeness (QED) is 0.742. The number of nitrogens with zero attached hydrogens (tertiary/aromatic N) is 2. The molecule has 1 aromatic carbocycles. The summed E-state index contributed by atoms with van der Waals surface area (Å²) < 4.78 is 32.5. The Hall–Kier alpha value is -2.51. The van der Waals surface area contributed by atoms with Crippen LogP contribution in [0.2, 0.25) is 0 Å². The van der Waals surface area contributed by atoms with Crippen LogP contribution in [0.3, 0.4) is 0 Å². The molecule has 1 saturated carbocycles. The van der Waals surface area contributed by atoms with E-state index in [0.717, 1.165) is 22.5 Å². The molecular weight excluding hydrogens is 375 g/mol. The fourth-order valence-corrected chi connectivity index (χ4v) is 4.86. The molecule has 1 aliphatic heterocycles. The number of rotatable bonds is 3. The lowest BCUT2D eigenvalue weighted by molar-refractivity contribution is -0.201. The van der Waals surface area contributed by atoms with E-state index >= 15 is 0 Å². The minimum absolute atomic E-state index is 0.232.